The molecule has 0 saturated heterocycles. The highest BCUT2D eigenvalue weighted by Gasteiger charge is 2.28. The lowest BCUT2D eigenvalue weighted by atomic mass is 10.0. The van der Waals surface area contributed by atoms with Crippen LogP contribution < -0.4 is 0 Å². The Morgan fingerprint density at radius 2 is 1.13 bits per heavy atom. The van der Waals surface area contributed by atoms with Crippen molar-refractivity contribution in [3.8, 4) is 0 Å². The Hall–Kier alpha value is -2.48. The first-order chi connectivity index (χ1) is 29.1. The highest BCUT2D eigenvalue weighted by atomic mass is 31.2. The van der Waals surface area contributed by atoms with Crippen LogP contribution in [0.5, 0.6) is 0 Å². The Morgan fingerprint density at radius 1 is 0.590 bits per heavy atom. The molecule has 352 valence electrons. The van der Waals surface area contributed by atoms with Crippen LogP contribution >= 0.6 is 15.6 Å². The van der Waals surface area contributed by atoms with Gasteiger partial charge in [0.1, 0.15) is 12.7 Å². The molecular weight excluding hydrogens is 826 g/mol. The number of carbonyl (C=O) groups excluding carboxylic acids is 2. The normalized spacial score (nSPS) is 15.3. The molecule has 61 heavy (non-hydrogen) atoms. The fourth-order valence-electron chi connectivity index (χ4n) is 5.52. The van der Waals surface area contributed by atoms with Gasteiger partial charge in [-0.2, -0.15) is 0 Å². The third-order valence-electron chi connectivity index (χ3n) is 8.87. The SMILES string of the molecule is CC/C=C\C/C=C\C/C=C\C/C=C\C=C/C(O)C/C=C\CCC(=O)OC[C@H](COP(=O)(O)OC[C@@H](O)COP(=O)(O)O)OC(=O)CCCCCCCCCCCCCC(C)C. The molecule has 0 aliphatic rings. The highest BCUT2D eigenvalue weighted by Crippen LogP contribution is 2.43. The Bertz CT molecular complexity index is 1380. The number of unbranched alkanes of at least 4 members (excludes halogenated alkanes) is 10. The van der Waals surface area contributed by atoms with Crippen LogP contribution in [0.3, 0.4) is 0 Å². The number of hydrogen-bond acceptors (Lipinski definition) is 11. The maximum absolute atomic E-state index is 12.7. The van der Waals surface area contributed by atoms with Gasteiger partial charge in [0.05, 0.1) is 25.9 Å². The van der Waals surface area contributed by atoms with Gasteiger partial charge in [-0.25, -0.2) is 9.13 Å². The quantitative estimate of drug-likeness (QED) is 0.0127. The third kappa shape index (κ3) is 43.9. The Balaban J connectivity index is 4.72. The molecule has 16 heteroatoms. The predicted octanol–water partition coefficient (Wildman–Crippen LogP) is 10.2. The van der Waals surface area contributed by atoms with E-state index in [1.165, 1.54) is 44.9 Å². The van der Waals surface area contributed by atoms with Crippen LogP contribution in [0.1, 0.15) is 149 Å². The van der Waals surface area contributed by atoms with E-state index in [4.69, 9.17) is 23.8 Å². The molecule has 14 nitrogen and oxygen atoms in total. The lowest BCUT2D eigenvalue weighted by Crippen LogP contribution is -2.29. The number of carbonyl (C=O) groups is 2. The summed E-state index contributed by atoms with van der Waals surface area (Å²) < 4.78 is 47.6. The number of esters is 2. The molecule has 0 amide bonds. The van der Waals surface area contributed by atoms with Gasteiger partial charge < -0.3 is 34.4 Å². The van der Waals surface area contributed by atoms with Crippen molar-refractivity contribution in [3.05, 3.63) is 72.9 Å². The second-order valence-corrected chi connectivity index (χ2v) is 18.0. The van der Waals surface area contributed by atoms with Gasteiger partial charge in [-0.15, -0.1) is 0 Å². The molecule has 0 aliphatic carbocycles. The van der Waals surface area contributed by atoms with E-state index in [0.717, 1.165) is 57.3 Å². The molecule has 2 unspecified atom stereocenters. The number of allylic oxidation sites excluding steroid dienone is 10. The summed E-state index contributed by atoms with van der Waals surface area (Å²) in [5.74, 6) is -0.447. The average molecular weight is 905 g/mol. The molecule has 0 fully saturated rings. The van der Waals surface area contributed by atoms with Gasteiger partial charge in [0.25, 0.3) is 0 Å². The van der Waals surface area contributed by atoms with Crippen molar-refractivity contribution in [2.45, 2.75) is 167 Å². The van der Waals surface area contributed by atoms with Crippen LogP contribution in [-0.4, -0.2) is 81.6 Å². The standard InChI is InChI=1S/C45H78O14P2/c1-4-5-6-7-8-9-10-11-14-17-20-23-27-32-41(46)33-28-25-30-34-44(48)55-38-43(39-58-61(53,54)57-37-42(47)36-56-60(50,51)52)59-45(49)35-29-24-21-18-15-12-13-16-19-22-26-31-40(2)3/h5-6,8-9,11,14,20,23,25,27-28,32,40-43,46-47H,4,7,10,12-13,15-19,21-22,24,26,29-31,33-39H2,1-3H3,(H,53,54)(H2,50,51,52)/b6-5-,9-8-,14-11-,23-20-,28-25-,32-27-/t41?,42-,43+/m0/s1. The van der Waals surface area contributed by atoms with Crippen molar-refractivity contribution >= 4 is 27.6 Å². The first-order valence-corrected chi connectivity index (χ1v) is 25.1. The third-order valence-corrected chi connectivity index (χ3v) is 10.3. The van der Waals surface area contributed by atoms with Crippen LogP contribution in [0.15, 0.2) is 72.9 Å². The number of ether oxygens (including phenoxy) is 2. The molecule has 0 heterocycles. The van der Waals surface area contributed by atoms with E-state index in [2.05, 4.69) is 66.3 Å². The van der Waals surface area contributed by atoms with E-state index in [1.54, 1.807) is 24.3 Å². The van der Waals surface area contributed by atoms with E-state index < -0.39 is 72.3 Å². The number of phosphoric acid groups is 2. The summed E-state index contributed by atoms with van der Waals surface area (Å²) in [6, 6.07) is 0. The topological polar surface area (TPSA) is 216 Å². The summed E-state index contributed by atoms with van der Waals surface area (Å²) in [5.41, 5.74) is 0. The first kappa shape index (κ1) is 58.5. The molecular formula is C45H78O14P2. The summed E-state index contributed by atoms with van der Waals surface area (Å²) in [6.45, 7) is 3.74. The second kappa shape index (κ2) is 39.1. The summed E-state index contributed by atoms with van der Waals surface area (Å²) in [7, 11) is -9.73. The van der Waals surface area contributed by atoms with Crippen molar-refractivity contribution in [2.24, 2.45) is 5.92 Å². The Morgan fingerprint density at radius 3 is 1.72 bits per heavy atom. The van der Waals surface area contributed by atoms with E-state index in [-0.39, 0.29) is 12.8 Å². The van der Waals surface area contributed by atoms with Gasteiger partial charge in [0, 0.05) is 12.8 Å². The van der Waals surface area contributed by atoms with Crippen LogP contribution in [-0.2, 0) is 41.8 Å². The molecule has 0 aromatic rings. The largest absolute Gasteiger partial charge is 0.472 e. The molecule has 0 saturated carbocycles. The first-order valence-electron chi connectivity index (χ1n) is 22.1. The van der Waals surface area contributed by atoms with Gasteiger partial charge in [0.15, 0.2) is 6.10 Å². The number of rotatable bonds is 40. The molecule has 4 atom stereocenters. The van der Waals surface area contributed by atoms with Crippen LogP contribution in [0, 0.1) is 5.92 Å². The van der Waals surface area contributed by atoms with Gasteiger partial charge in [-0.3, -0.25) is 23.2 Å². The number of phosphoric ester groups is 2. The Labute approximate surface area is 366 Å². The van der Waals surface area contributed by atoms with Crippen molar-refractivity contribution < 1.29 is 66.7 Å². The molecule has 0 bridgehead atoms. The summed E-state index contributed by atoms with van der Waals surface area (Å²) in [4.78, 5) is 52.7. The minimum Gasteiger partial charge on any atom is -0.462 e. The zero-order valence-electron chi connectivity index (χ0n) is 37.0. The minimum absolute atomic E-state index is 0.0135. The van der Waals surface area contributed by atoms with E-state index in [0.29, 0.717) is 19.3 Å². The Kier molecular flexibility index (Phi) is 37.5. The van der Waals surface area contributed by atoms with Gasteiger partial charge in [-0.05, 0) is 50.9 Å². The van der Waals surface area contributed by atoms with Crippen molar-refractivity contribution in [1.82, 2.24) is 0 Å². The second-order valence-electron chi connectivity index (χ2n) is 15.3. The minimum atomic E-state index is -4.88. The number of hydrogen-bond donors (Lipinski definition) is 5. The maximum atomic E-state index is 12.7. The summed E-state index contributed by atoms with van der Waals surface area (Å²) in [5, 5.41) is 19.9. The lowest BCUT2D eigenvalue weighted by molar-refractivity contribution is -0.161. The molecule has 5 N–H and O–H groups in total. The van der Waals surface area contributed by atoms with Crippen LogP contribution in [0.25, 0.3) is 0 Å². The predicted molar refractivity (Wildman–Crippen MR) is 240 cm³/mol. The van der Waals surface area contributed by atoms with Crippen LogP contribution in [0.2, 0.25) is 0 Å². The fourth-order valence-corrected chi connectivity index (χ4v) is 6.68. The number of aliphatic hydroxyl groups excluding tert-OH is 2. The van der Waals surface area contributed by atoms with Crippen LogP contribution in [0.4, 0.5) is 0 Å². The zero-order valence-corrected chi connectivity index (χ0v) is 38.8. The van der Waals surface area contributed by atoms with Gasteiger partial charge >= 0.3 is 27.6 Å². The fraction of sp³-hybridized carbons (Fsp3) is 0.689. The van der Waals surface area contributed by atoms with Gasteiger partial charge in [0.2, 0.25) is 0 Å². The zero-order chi connectivity index (χ0) is 45.5. The smallest absolute Gasteiger partial charge is 0.462 e. The van der Waals surface area contributed by atoms with Crippen molar-refractivity contribution in [1.29, 1.82) is 0 Å². The average Bonchev–Trinajstić information content (AvgIpc) is 3.20. The molecule has 0 rings (SSSR count). The van der Waals surface area contributed by atoms with Crippen molar-refractivity contribution in [3.63, 3.8) is 0 Å². The molecule has 0 aromatic carbocycles. The lowest BCUT2D eigenvalue weighted by Gasteiger charge is -2.20. The van der Waals surface area contributed by atoms with Gasteiger partial charge in [-0.1, -0.05) is 164 Å². The van der Waals surface area contributed by atoms with E-state index >= 15 is 0 Å². The molecule has 0 aliphatic heterocycles. The van der Waals surface area contributed by atoms with E-state index in [1.807, 2.05) is 12.2 Å². The van der Waals surface area contributed by atoms with Crippen molar-refractivity contribution in [2.75, 3.05) is 26.4 Å². The van der Waals surface area contributed by atoms with E-state index in [9.17, 15) is 33.8 Å². The summed E-state index contributed by atoms with van der Waals surface area (Å²) in [6.07, 6.45) is 38.0. The highest BCUT2D eigenvalue weighted by molar-refractivity contribution is 7.47. The maximum Gasteiger partial charge on any atom is 0.472 e. The molecule has 0 aromatic heterocycles. The molecule has 0 radical (unpaired) electrons. The monoisotopic (exact) mass is 904 g/mol. The number of aliphatic hydroxyl groups is 2. The molecule has 0 spiro atoms. The summed E-state index contributed by atoms with van der Waals surface area (Å²) >= 11 is 0.